The van der Waals surface area contributed by atoms with Crippen LogP contribution in [0.1, 0.15) is 11.6 Å². The van der Waals surface area contributed by atoms with E-state index in [2.05, 4.69) is 5.32 Å². The molecular weight excluding hydrogens is 292 g/mol. The van der Waals surface area contributed by atoms with Crippen molar-refractivity contribution in [3.8, 4) is 0 Å². The average molecular weight is 308 g/mol. The third-order valence-electron chi connectivity index (χ3n) is 3.68. The van der Waals surface area contributed by atoms with Crippen LogP contribution in [-0.4, -0.2) is 21.6 Å². The second kappa shape index (κ2) is 6.36. The molecule has 0 spiro atoms. The highest BCUT2D eigenvalue weighted by Gasteiger charge is 2.21. The van der Waals surface area contributed by atoms with E-state index in [1.807, 2.05) is 36.5 Å². The molecule has 0 aliphatic heterocycles. The largest absolute Gasteiger partial charge is 0.479 e. The quantitative estimate of drug-likeness (QED) is 0.761. The first-order chi connectivity index (χ1) is 11.1. The number of fused-ring (bicyclic) bond motifs is 1. The Bertz CT molecular complexity index is 840. The number of rotatable bonds is 5. The maximum Gasteiger partial charge on any atom is 0.330 e. The van der Waals surface area contributed by atoms with Gasteiger partial charge in [-0.05, 0) is 23.1 Å². The smallest absolute Gasteiger partial charge is 0.330 e. The molecule has 0 fully saturated rings. The standard InChI is InChI=1S/C18H16N2O3/c21-16(12-20-11-10-13-6-4-5-9-15(13)20)19-17(18(22)23)14-7-2-1-3-8-14/h1-11,17H,12H2,(H,19,21)(H,22,23). The number of carbonyl (C=O) groups excluding carboxylic acids is 1. The van der Waals surface area contributed by atoms with E-state index in [0.29, 0.717) is 5.56 Å². The lowest BCUT2D eigenvalue weighted by molar-refractivity contribution is -0.142. The van der Waals surface area contributed by atoms with E-state index in [-0.39, 0.29) is 12.5 Å². The minimum Gasteiger partial charge on any atom is -0.479 e. The Morgan fingerprint density at radius 2 is 1.70 bits per heavy atom. The highest BCUT2D eigenvalue weighted by atomic mass is 16.4. The summed E-state index contributed by atoms with van der Waals surface area (Å²) in [6.07, 6.45) is 1.82. The van der Waals surface area contributed by atoms with Crippen molar-refractivity contribution in [2.75, 3.05) is 0 Å². The van der Waals surface area contributed by atoms with Gasteiger partial charge >= 0.3 is 5.97 Å². The van der Waals surface area contributed by atoms with E-state index in [1.54, 1.807) is 34.9 Å². The van der Waals surface area contributed by atoms with E-state index in [9.17, 15) is 14.7 Å². The molecular formula is C18H16N2O3. The van der Waals surface area contributed by atoms with E-state index in [1.165, 1.54) is 0 Å². The molecule has 0 saturated carbocycles. The predicted octanol–water partition coefficient (Wildman–Crippen LogP) is 2.58. The molecule has 0 bridgehead atoms. The summed E-state index contributed by atoms with van der Waals surface area (Å²) in [5, 5.41) is 13.0. The van der Waals surface area contributed by atoms with Crippen LogP contribution >= 0.6 is 0 Å². The summed E-state index contributed by atoms with van der Waals surface area (Å²) < 4.78 is 1.80. The van der Waals surface area contributed by atoms with Crippen LogP contribution in [0, 0.1) is 0 Å². The van der Waals surface area contributed by atoms with Crippen LogP contribution in [0.5, 0.6) is 0 Å². The van der Waals surface area contributed by atoms with E-state index < -0.39 is 12.0 Å². The molecule has 1 amide bonds. The molecule has 0 radical (unpaired) electrons. The normalized spacial score (nSPS) is 12.0. The molecule has 1 unspecified atom stereocenters. The Morgan fingerprint density at radius 3 is 2.43 bits per heavy atom. The molecule has 1 heterocycles. The van der Waals surface area contributed by atoms with Gasteiger partial charge in [0.2, 0.25) is 5.91 Å². The van der Waals surface area contributed by atoms with Crippen molar-refractivity contribution < 1.29 is 14.7 Å². The summed E-state index contributed by atoms with van der Waals surface area (Å²) in [7, 11) is 0. The van der Waals surface area contributed by atoms with Crippen LogP contribution in [0.4, 0.5) is 0 Å². The number of carboxylic acid groups (broad SMARTS) is 1. The van der Waals surface area contributed by atoms with Gasteiger partial charge in [-0.1, -0.05) is 48.5 Å². The number of carbonyl (C=O) groups is 2. The van der Waals surface area contributed by atoms with Crippen LogP contribution in [-0.2, 0) is 16.1 Å². The zero-order valence-corrected chi connectivity index (χ0v) is 12.3. The topological polar surface area (TPSA) is 71.3 Å². The molecule has 2 aromatic carbocycles. The maximum absolute atomic E-state index is 12.2. The van der Waals surface area contributed by atoms with E-state index >= 15 is 0 Å². The molecule has 3 rings (SSSR count). The third-order valence-corrected chi connectivity index (χ3v) is 3.68. The fraction of sp³-hybridized carbons (Fsp3) is 0.111. The van der Waals surface area contributed by atoms with Crippen molar-refractivity contribution in [2.45, 2.75) is 12.6 Å². The second-order valence-corrected chi connectivity index (χ2v) is 5.25. The average Bonchev–Trinajstić information content (AvgIpc) is 2.96. The molecule has 1 atom stereocenters. The zero-order chi connectivity index (χ0) is 16.2. The summed E-state index contributed by atoms with van der Waals surface area (Å²) in [5.74, 6) is -1.43. The first-order valence-electron chi connectivity index (χ1n) is 7.26. The van der Waals surface area contributed by atoms with Crippen LogP contribution in [0.15, 0.2) is 66.9 Å². The molecule has 5 nitrogen and oxygen atoms in total. The van der Waals surface area contributed by atoms with Crippen LogP contribution in [0.3, 0.4) is 0 Å². The summed E-state index contributed by atoms with van der Waals surface area (Å²) in [6.45, 7) is 0.0735. The van der Waals surface area contributed by atoms with Crippen LogP contribution < -0.4 is 5.32 Å². The zero-order valence-electron chi connectivity index (χ0n) is 12.3. The lowest BCUT2D eigenvalue weighted by atomic mass is 10.1. The van der Waals surface area contributed by atoms with Gasteiger partial charge in [0.05, 0.1) is 0 Å². The highest BCUT2D eigenvalue weighted by Crippen LogP contribution is 2.16. The fourth-order valence-electron chi connectivity index (χ4n) is 2.57. The number of carboxylic acids is 1. The molecule has 0 aliphatic rings. The van der Waals surface area contributed by atoms with Gasteiger partial charge in [0, 0.05) is 11.7 Å². The summed E-state index contributed by atoms with van der Waals surface area (Å²) in [5.41, 5.74) is 1.49. The van der Waals surface area contributed by atoms with Gasteiger partial charge in [-0.25, -0.2) is 4.79 Å². The van der Waals surface area contributed by atoms with Gasteiger partial charge < -0.3 is 15.0 Å². The monoisotopic (exact) mass is 308 g/mol. The van der Waals surface area contributed by atoms with Gasteiger partial charge in [0.1, 0.15) is 6.54 Å². The van der Waals surface area contributed by atoms with Gasteiger partial charge in [-0.15, -0.1) is 0 Å². The van der Waals surface area contributed by atoms with Gasteiger partial charge in [0.15, 0.2) is 6.04 Å². The van der Waals surface area contributed by atoms with Crippen molar-refractivity contribution in [3.63, 3.8) is 0 Å². The Balaban J connectivity index is 1.76. The van der Waals surface area contributed by atoms with Gasteiger partial charge in [-0.2, -0.15) is 0 Å². The molecule has 3 aromatic rings. The minimum absolute atomic E-state index is 0.0735. The number of nitrogens with zero attached hydrogens (tertiary/aromatic N) is 1. The number of aromatic nitrogens is 1. The number of benzene rings is 2. The minimum atomic E-state index is -1.08. The van der Waals surface area contributed by atoms with Crippen LogP contribution in [0.2, 0.25) is 0 Å². The first-order valence-corrected chi connectivity index (χ1v) is 7.26. The molecule has 0 aliphatic carbocycles. The summed E-state index contributed by atoms with van der Waals surface area (Å²) in [6, 6.07) is 17.3. The van der Waals surface area contributed by atoms with Crippen molar-refractivity contribution in [1.82, 2.24) is 9.88 Å². The molecule has 23 heavy (non-hydrogen) atoms. The number of nitrogens with one attached hydrogen (secondary N) is 1. The molecule has 1 aromatic heterocycles. The van der Waals surface area contributed by atoms with Gasteiger partial charge in [0.25, 0.3) is 0 Å². The first kappa shape index (κ1) is 14.8. The molecule has 2 N–H and O–H groups in total. The maximum atomic E-state index is 12.2. The number of amides is 1. The Labute approximate surface area is 133 Å². The summed E-state index contributed by atoms with van der Waals surface area (Å²) >= 11 is 0. The predicted molar refractivity (Wildman–Crippen MR) is 86.9 cm³/mol. The Kier molecular flexibility index (Phi) is 4.10. The Morgan fingerprint density at radius 1 is 1.00 bits per heavy atom. The Hall–Kier alpha value is -3.08. The number of hydrogen-bond acceptors (Lipinski definition) is 2. The van der Waals surface area contributed by atoms with Crippen LogP contribution in [0.25, 0.3) is 10.9 Å². The van der Waals surface area contributed by atoms with Crippen molar-refractivity contribution in [1.29, 1.82) is 0 Å². The van der Waals surface area contributed by atoms with Crippen molar-refractivity contribution in [2.24, 2.45) is 0 Å². The highest BCUT2D eigenvalue weighted by molar-refractivity contribution is 5.86. The number of aliphatic carboxylic acids is 1. The lowest BCUT2D eigenvalue weighted by Gasteiger charge is -2.15. The molecule has 116 valence electrons. The van der Waals surface area contributed by atoms with Crippen molar-refractivity contribution >= 4 is 22.8 Å². The van der Waals surface area contributed by atoms with E-state index in [0.717, 1.165) is 10.9 Å². The van der Waals surface area contributed by atoms with Gasteiger partial charge in [-0.3, -0.25) is 4.79 Å². The number of para-hydroxylation sites is 1. The summed E-state index contributed by atoms with van der Waals surface area (Å²) in [4.78, 5) is 23.7. The fourth-order valence-corrected chi connectivity index (χ4v) is 2.57. The molecule has 5 heteroatoms. The lowest BCUT2D eigenvalue weighted by Crippen LogP contribution is -2.35. The third kappa shape index (κ3) is 3.23. The van der Waals surface area contributed by atoms with E-state index in [4.69, 9.17) is 0 Å². The second-order valence-electron chi connectivity index (χ2n) is 5.25. The number of hydrogen-bond donors (Lipinski definition) is 2. The van der Waals surface area contributed by atoms with Crippen molar-refractivity contribution in [3.05, 3.63) is 72.4 Å². The SMILES string of the molecule is O=C(Cn1ccc2ccccc21)NC(C(=O)O)c1ccccc1. The molecule has 0 saturated heterocycles.